The van der Waals surface area contributed by atoms with E-state index in [9.17, 15) is 14.4 Å². The van der Waals surface area contributed by atoms with Crippen LogP contribution in [0.4, 0.5) is 11.4 Å². The maximum atomic E-state index is 12.7. The molecule has 0 fully saturated rings. The van der Waals surface area contributed by atoms with Crippen LogP contribution in [0.25, 0.3) is 0 Å². The lowest BCUT2D eigenvalue weighted by Gasteiger charge is -2.29. The van der Waals surface area contributed by atoms with E-state index >= 15 is 0 Å². The molecule has 23 heavy (non-hydrogen) atoms. The summed E-state index contributed by atoms with van der Waals surface area (Å²) in [5, 5.41) is 2.73. The van der Waals surface area contributed by atoms with Crippen molar-refractivity contribution in [2.75, 3.05) is 23.9 Å². The largest absolute Gasteiger partial charge is 0.465 e. The summed E-state index contributed by atoms with van der Waals surface area (Å²) in [5.41, 5.74) is 2.00. The Bertz CT molecular complexity index is 783. The lowest BCUT2D eigenvalue weighted by Crippen LogP contribution is -2.42. The highest BCUT2D eigenvalue weighted by Crippen LogP contribution is 2.30. The molecular formula is C17H14N2O4. The highest BCUT2D eigenvalue weighted by molar-refractivity contribution is 6.15. The second kappa shape index (κ2) is 5.92. The molecule has 2 amide bonds. The predicted octanol–water partition coefficient (Wildman–Crippen LogP) is 2.07. The van der Waals surface area contributed by atoms with Crippen LogP contribution in [0.3, 0.4) is 0 Å². The number of ether oxygens (including phenoxy) is 1. The van der Waals surface area contributed by atoms with E-state index in [0.29, 0.717) is 22.5 Å². The van der Waals surface area contributed by atoms with Crippen LogP contribution >= 0.6 is 0 Å². The fourth-order valence-electron chi connectivity index (χ4n) is 2.44. The molecule has 1 heterocycles. The molecule has 0 aliphatic carbocycles. The van der Waals surface area contributed by atoms with Gasteiger partial charge < -0.3 is 10.1 Å². The quantitative estimate of drug-likeness (QED) is 0.862. The van der Waals surface area contributed by atoms with Crippen LogP contribution in [0.1, 0.15) is 20.7 Å². The summed E-state index contributed by atoms with van der Waals surface area (Å²) >= 11 is 0. The van der Waals surface area contributed by atoms with Crippen LogP contribution < -0.4 is 10.2 Å². The predicted molar refractivity (Wildman–Crippen MR) is 84.5 cm³/mol. The van der Waals surface area contributed by atoms with E-state index in [1.54, 1.807) is 36.4 Å². The number of benzene rings is 2. The van der Waals surface area contributed by atoms with Gasteiger partial charge in [-0.05, 0) is 36.4 Å². The smallest absolute Gasteiger partial charge is 0.337 e. The van der Waals surface area contributed by atoms with Gasteiger partial charge in [-0.15, -0.1) is 0 Å². The van der Waals surface area contributed by atoms with E-state index in [4.69, 9.17) is 0 Å². The van der Waals surface area contributed by atoms with Crippen molar-refractivity contribution >= 4 is 29.2 Å². The summed E-state index contributed by atoms with van der Waals surface area (Å²) in [6.45, 7) is -0.0470. The number of nitrogens with zero attached hydrogens (tertiary/aromatic N) is 1. The van der Waals surface area contributed by atoms with Gasteiger partial charge in [-0.1, -0.05) is 12.1 Å². The Morgan fingerprint density at radius 1 is 1.04 bits per heavy atom. The average Bonchev–Trinajstić information content (AvgIpc) is 2.59. The minimum Gasteiger partial charge on any atom is -0.465 e. The molecule has 0 aromatic heterocycles. The van der Waals surface area contributed by atoms with Gasteiger partial charge in [-0.2, -0.15) is 0 Å². The van der Waals surface area contributed by atoms with Crippen molar-refractivity contribution in [3.8, 4) is 0 Å². The van der Waals surface area contributed by atoms with E-state index in [2.05, 4.69) is 10.1 Å². The molecule has 2 aromatic rings. The number of methoxy groups -OCH3 is 1. The number of rotatable bonds is 2. The Labute approximate surface area is 132 Å². The molecule has 6 heteroatoms. The molecule has 0 saturated carbocycles. The zero-order valence-electron chi connectivity index (χ0n) is 12.4. The number of nitrogens with one attached hydrogen (secondary N) is 1. The molecule has 1 aliphatic heterocycles. The highest BCUT2D eigenvalue weighted by atomic mass is 16.5. The molecule has 1 aliphatic rings. The topological polar surface area (TPSA) is 75.7 Å². The fourth-order valence-corrected chi connectivity index (χ4v) is 2.44. The number of carbonyl (C=O) groups excluding carboxylic acids is 3. The number of para-hydroxylation sites is 2. The van der Waals surface area contributed by atoms with Gasteiger partial charge in [-0.25, -0.2) is 4.79 Å². The first-order chi connectivity index (χ1) is 11.1. The Hall–Kier alpha value is -3.15. The summed E-state index contributed by atoms with van der Waals surface area (Å²) < 4.78 is 4.63. The highest BCUT2D eigenvalue weighted by Gasteiger charge is 2.27. The molecule has 0 bridgehead atoms. The molecule has 0 atom stereocenters. The Kier molecular flexibility index (Phi) is 3.80. The summed E-state index contributed by atoms with van der Waals surface area (Å²) in [7, 11) is 1.30. The van der Waals surface area contributed by atoms with Gasteiger partial charge >= 0.3 is 5.97 Å². The summed E-state index contributed by atoms with van der Waals surface area (Å²) in [6, 6.07) is 13.2. The second-order valence-corrected chi connectivity index (χ2v) is 5.03. The molecule has 0 spiro atoms. The Morgan fingerprint density at radius 2 is 1.70 bits per heavy atom. The molecule has 2 aromatic carbocycles. The van der Waals surface area contributed by atoms with Crippen LogP contribution in [-0.2, 0) is 9.53 Å². The summed E-state index contributed by atoms with van der Waals surface area (Å²) in [5.74, 6) is -1.02. The first-order valence-corrected chi connectivity index (χ1v) is 6.99. The Morgan fingerprint density at radius 3 is 2.39 bits per heavy atom. The normalized spacial score (nSPS) is 13.1. The summed E-state index contributed by atoms with van der Waals surface area (Å²) in [4.78, 5) is 37.3. The lowest BCUT2D eigenvalue weighted by atomic mass is 10.1. The third kappa shape index (κ3) is 2.78. The monoisotopic (exact) mass is 310 g/mol. The van der Waals surface area contributed by atoms with Gasteiger partial charge in [0.05, 0.1) is 24.0 Å². The van der Waals surface area contributed by atoms with E-state index in [0.717, 1.165) is 0 Å². The maximum absolute atomic E-state index is 12.7. The van der Waals surface area contributed by atoms with Crippen molar-refractivity contribution in [1.29, 1.82) is 0 Å². The van der Waals surface area contributed by atoms with Crippen molar-refractivity contribution in [3.05, 3.63) is 59.7 Å². The molecule has 0 unspecified atom stereocenters. The van der Waals surface area contributed by atoms with Crippen LogP contribution in [0.15, 0.2) is 48.5 Å². The van der Waals surface area contributed by atoms with E-state index < -0.39 is 5.97 Å². The number of carbonyl (C=O) groups is 3. The van der Waals surface area contributed by atoms with Crippen molar-refractivity contribution in [3.63, 3.8) is 0 Å². The zero-order chi connectivity index (χ0) is 16.4. The fraction of sp³-hybridized carbons (Fsp3) is 0.118. The van der Waals surface area contributed by atoms with Crippen LogP contribution in [-0.4, -0.2) is 31.4 Å². The molecular weight excluding hydrogens is 296 g/mol. The molecule has 0 saturated heterocycles. The van der Waals surface area contributed by atoms with Gasteiger partial charge in [0, 0.05) is 5.56 Å². The maximum Gasteiger partial charge on any atom is 0.337 e. The lowest BCUT2D eigenvalue weighted by molar-refractivity contribution is -0.115. The standard InChI is InChI=1S/C17H14N2O4/c1-23-17(22)12-8-6-11(7-9-12)16(21)19-10-15(20)18-13-4-2-3-5-14(13)19/h2-9H,10H2,1H3,(H,18,20). The van der Waals surface area contributed by atoms with E-state index in [1.807, 2.05) is 0 Å². The van der Waals surface area contributed by atoms with Gasteiger partial charge in [0.25, 0.3) is 5.91 Å². The van der Waals surface area contributed by atoms with Gasteiger partial charge in [0.15, 0.2) is 0 Å². The van der Waals surface area contributed by atoms with E-state index in [-0.39, 0.29) is 18.4 Å². The van der Waals surface area contributed by atoms with Crippen molar-refractivity contribution in [2.24, 2.45) is 0 Å². The summed E-state index contributed by atoms with van der Waals surface area (Å²) in [6.07, 6.45) is 0. The first-order valence-electron chi connectivity index (χ1n) is 6.99. The number of hydrogen-bond acceptors (Lipinski definition) is 4. The molecule has 116 valence electrons. The van der Waals surface area contributed by atoms with Gasteiger partial charge in [0.1, 0.15) is 6.54 Å². The van der Waals surface area contributed by atoms with E-state index in [1.165, 1.54) is 24.1 Å². The third-order valence-electron chi connectivity index (χ3n) is 3.57. The van der Waals surface area contributed by atoms with Gasteiger partial charge in [0.2, 0.25) is 5.91 Å². The van der Waals surface area contributed by atoms with Crippen LogP contribution in [0, 0.1) is 0 Å². The first kappa shape index (κ1) is 14.8. The zero-order valence-corrected chi connectivity index (χ0v) is 12.4. The van der Waals surface area contributed by atoms with Crippen molar-refractivity contribution in [1.82, 2.24) is 0 Å². The number of hydrogen-bond donors (Lipinski definition) is 1. The molecule has 0 radical (unpaired) electrons. The van der Waals surface area contributed by atoms with Crippen LogP contribution in [0.5, 0.6) is 0 Å². The second-order valence-electron chi connectivity index (χ2n) is 5.03. The minimum atomic E-state index is -0.466. The van der Waals surface area contributed by atoms with Crippen molar-refractivity contribution in [2.45, 2.75) is 0 Å². The SMILES string of the molecule is COC(=O)c1ccc(C(=O)N2CC(=O)Nc3ccccc32)cc1. The minimum absolute atomic E-state index is 0.0470. The number of fused-ring (bicyclic) bond motifs is 1. The molecule has 6 nitrogen and oxygen atoms in total. The molecule has 1 N–H and O–H groups in total. The van der Waals surface area contributed by atoms with Crippen LogP contribution in [0.2, 0.25) is 0 Å². The van der Waals surface area contributed by atoms with Gasteiger partial charge in [-0.3, -0.25) is 14.5 Å². The van der Waals surface area contributed by atoms with Crippen molar-refractivity contribution < 1.29 is 19.1 Å². The Balaban J connectivity index is 1.91. The number of amides is 2. The molecule has 3 rings (SSSR count). The number of anilines is 2. The third-order valence-corrected chi connectivity index (χ3v) is 3.57. The average molecular weight is 310 g/mol. The number of esters is 1.